The maximum absolute atomic E-state index is 5.37. The molecule has 2 aromatic rings. The van der Waals surface area contributed by atoms with E-state index in [1.807, 2.05) is 36.4 Å². The number of para-hydroxylation sites is 1. The van der Waals surface area contributed by atoms with E-state index in [2.05, 4.69) is 40.3 Å². The molecule has 2 rings (SSSR count). The predicted molar refractivity (Wildman–Crippen MR) is 80.6 cm³/mol. The highest BCUT2D eigenvalue weighted by molar-refractivity contribution is 9.10. The molecule has 0 aliphatic heterocycles. The first-order valence-electron chi connectivity index (χ1n) is 5.29. The Bertz CT molecular complexity index is 534. The second-order valence-corrected chi connectivity index (χ2v) is 5.06. The maximum Gasteiger partial charge on any atom is 0.111 e. The zero-order valence-corrected chi connectivity index (χ0v) is 11.8. The van der Waals surface area contributed by atoms with E-state index in [0.717, 1.165) is 20.7 Å². The van der Waals surface area contributed by atoms with Crippen LogP contribution in [-0.4, -0.2) is 4.99 Å². The van der Waals surface area contributed by atoms with Crippen LogP contribution in [0.25, 0.3) is 0 Å². The maximum atomic E-state index is 5.37. The third kappa shape index (κ3) is 3.14. The van der Waals surface area contributed by atoms with Crippen molar-refractivity contribution in [1.82, 2.24) is 0 Å². The third-order valence-electron chi connectivity index (χ3n) is 2.44. The van der Waals surface area contributed by atoms with Crippen LogP contribution in [0.4, 0.5) is 5.69 Å². The van der Waals surface area contributed by atoms with Crippen molar-refractivity contribution in [3.05, 3.63) is 64.1 Å². The first kappa shape index (κ1) is 12.3. The van der Waals surface area contributed by atoms with E-state index in [4.69, 9.17) is 12.2 Å². The average Bonchev–Trinajstić information content (AvgIpc) is 2.33. The minimum atomic E-state index is 0.733. The molecule has 1 nitrogen and oxygen atoms in total. The van der Waals surface area contributed by atoms with Crippen LogP contribution in [-0.2, 0) is 0 Å². The molecule has 0 amide bonds. The Balaban J connectivity index is 2.17. The summed E-state index contributed by atoms with van der Waals surface area (Å²) in [5, 5.41) is 3.23. The smallest absolute Gasteiger partial charge is 0.111 e. The number of nitrogens with one attached hydrogen (secondary N) is 1. The highest BCUT2D eigenvalue weighted by Crippen LogP contribution is 2.22. The van der Waals surface area contributed by atoms with Gasteiger partial charge in [-0.1, -0.05) is 54.2 Å². The fourth-order valence-corrected chi connectivity index (χ4v) is 2.09. The summed E-state index contributed by atoms with van der Waals surface area (Å²) in [5.74, 6) is 0. The molecule has 2 aromatic carbocycles. The molecule has 0 spiro atoms. The number of rotatable bonds is 2. The first-order chi connectivity index (χ1) is 8.16. The van der Waals surface area contributed by atoms with Gasteiger partial charge in [-0.3, -0.25) is 0 Å². The van der Waals surface area contributed by atoms with E-state index in [1.165, 1.54) is 5.56 Å². The van der Waals surface area contributed by atoms with Crippen molar-refractivity contribution in [2.45, 2.75) is 6.92 Å². The van der Waals surface area contributed by atoms with E-state index in [0.29, 0.717) is 0 Å². The molecular formula is C14H12BrNS. The lowest BCUT2D eigenvalue weighted by molar-refractivity contribution is 1.46. The summed E-state index contributed by atoms with van der Waals surface area (Å²) in [6.45, 7) is 2.06. The van der Waals surface area contributed by atoms with Gasteiger partial charge in [0.05, 0.1) is 5.69 Å². The van der Waals surface area contributed by atoms with Gasteiger partial charge in [0.15, 0.2) is 0 Å². The van der Waals surface area contributed by atoms with Gasteiger partial charge >= 0.3 is 0 Å². The molecule has 0 aliphatic rings. The molecule has 0 heterocycles. The first-order valence-corrected chi connectivity index (χ1v) is 6.49. The number of halogens is 1. The minimum Gasteiger partial charge on any atom is -0.345 e. The fraction of sp³-hybridized carbons (Fsp3) is 0.0714. The van der Waals surface area contributed by atoms with Crippen LogP contribution in [0.15, 0.2) is 53.0 Å². The molecule has 0 aromatic heterocycles. The van der Waals surface area contributed by atoms with Gasteiger partial charge < -0.3 is 5.32 Å². The summed E-state index contributed by atoms with van der Waals surface area (Å²) >= 11 is 8.86. The highest BCUT2D eigenvalue weighted by Gasteiger charge is 2.03. The molecule has 0 bridgehead atoms. The second kappa shape index (κ2) is 5.43. The molecule has 86 valence electrons. The highest BCUT2D eigenvalue weighted by atomic mass is 79.9. The summed E-state index contributed by atoms with van der Waals surface area (Å²) < 4.78 is 1.01. The Morgan fingerprint density at radius 3 is 2.35 bits per heavy atom. The number of hydrogen-bond donors (Lipinski definition) is 1. The summed E-state index contributed by atoms with van der Waals surface area (Å²) in [5.41, 5.74) is 3.25. The molecule has 1 N–H and O–H groups in total. The van der Waals surface area contributed by atoms with Crippen molar-refractivity contribution in [3.63, 3.8) is 0 Å². The zero-order chi connectivity index (χ0) is 12.3. The van der Waals surface area contributed by atoms with Gasteiger partial charge in [-0.2, -0.15) is 0 Å². The quantitative estimate of drug-likeness (QED) is 0.817. The molecule has 17 heavy (non-hydrogen) atoms. The van der Waals surface area contributed by atoms with Crippen molar-refractivity contribution >= 4 is 38.8 Å². The van der Waals surface area contributed by atoms with E-state index in [-0.39, 0.29) is 0 Å². The van der Waals surface area contributed by atoms with Gasteiger partial charge in [0, 0.05) is 10.0 Å². The molecule has 0 saturated carbocycles. The van der Waals surface area contributed by atoms with Gasteiger partial charge in [0.1, 0.15) is 4.99 Å². The number of hydrogen-bond acceptors (Lipinski definition) is 1. The standard InChI is InChI=1S/C14H12BrNS/c1-10-6-8-11(9-7-10)14(17)16-13-5-3-2-4-12(13)15/h2-9H,1H3,(H,16,17). The molecule has 0 fully saturated rings. The Kier molecular flexibility index (Phi) is 3.92. The van der Waals surface area contributed by atoms with Crippen LogP contribution in [0.5, 0.6) is 0 Å². The molecule has 3 heteroatoms. The minimum absolute atomic E-state index is 0.733. The number of anilines is 1. The predicted octanol–water partition coefficient (Wildman–Crippen LogP) is 4.55. The normalized spacial score (nSPS) is 10.0. The summed E-state index contributed by atoms with van der Waals surface area (Å²) in [7, 11) is 0. The summed E-state index contributed by atoms with van der Waals surface area (Å²) in [4.78, 5) is 0.733. The molecular weight excluding hydrogens is 294 g/mol. The topological polar surface area (TPSA) is 12.0 Å². The Morgan fingerprint density at radius 2 is 1.71 bits per heavy atom. The van der Waals surface area contributed by atoms with Gasteiger partial charge in [-0.05, 0) is 35.0 Å². The van der Waals surface area contributed by atoms with Gasteiger partial charge in [-0.15, -0.1) is 0 Å². The number of benzene rings is 2. The molecule has 0 atom stereocenters. The van der Waals surface area contributed by atoms with Crippen molar-refractivity contribution < 1.29 is 0 Å². The Labute approximate surface area is 115 Å². The average molecular weight is 306 g/mol. The van der Waals surface area contributed by atoms with E-state index >= 15 is 0 Å². The zero-order valence-electron chi connectivity index (χ0n) is 9.41. The lowest BCUT2D eigenvalue weighted by Crippen LogP contribution is -2.10. The lowest BCUT2D eigenvalue weighted by Gasteiger charge is -2.09. The van der Waals surface area contributed by atoms with Crippen molar-refractivity contribution in [2.75, 3.05) is 5.32 Å². The molecule has 0 aliphatic carbocycles. The van der Waals surface area contributed by atoms with Gasteiger partial charge in [-0.25, -0.2) is 0 Å². The molecule has 0 unspecified atom stereocenters. The SMILES string of the molecule is Cc1ccc(C(=S)Nc2ccccc2Br)cc1. The fourth-order valence-electron chi connectivity index (χ4n) is 1.46. The largest absolute Gasteiger partial charge is 0.345 e. The lowest BCUT2D eigenvalue weighted by atomic mass is 10.1. The van der Waals surface area contributed by atoms with Crippen molar-refractivity contribution in [2.24, 2.45) is 0 Å². The third-order valence-corrected chi connectivity index (χ3v) is 3.47. The van der Waals surface area contributed by atoms with Crippen molar-refractivity contribution in [3.8, 4) is 0 Å². The number of aryl methyl sites for hydroxylation is 1. The summed E-state index contributed by atoms with van der Waals surface area (Å²) in [6.07, 6.45) is 0. The Morgan fingerprint density at radius 1 is 1.06 bits per heavy atom. The van der Waals surface area contributed by atoms with Crippen LogP contribution >= 0.6 is 28.1 Å². The Hall–Kier alpha value is -1.19. The molecule has 0 radical (unpaired) electrons. The van der Waals surface area contributed by atoms with Gasteiger partial charge in [0.2, 0.25) is 0 Å². The number of thiocarbonyl (C=S) groups is 1. The van der Waals surface area contributed by atoms with Crippen LogP contribution in [0.1, 0.15) is 11.1 Å². The summed E-state index contributed by atoms with van der Waals surface area (Å²) in [6, 6.07) is 16.1. The monoisotopic (exact) mass is 305 g/mol. The molecule has 0 saturated heterocycles. The van der Waals surface area contributed by atoms with Crippen molar-refractivity contribution in [1.29, 1.82) is 0 Å². The second-order valence-electron chi connectivity index (χ2n) is 3.80. The van der Waals surface area contributed by atoms with Crippen LogP contribution in [0.3, 0.4) is 0 Å². The van der Waals surface area contributed by atoms with Crippen LogP contribution < -0.4 is 5.32 Å². The van der Waals surface area contributed by atoms with E-state index in [9.17, 15) is 0 Å². The van der Waals surface area contributed by atoms with Crippen LogP contribution in [0.2, 0.25) is 0 Å². The van der Waals surface area contributed by atoms with Crippen LogP contribution in [0, 0.1) is 6.92 Å². The van der Waals surface area contributed by atoms with Gasteiger partial charge in [0.25, 0.3) is 0 Å². The van der Waals surface area contributed by atoms with E-state index in [1.54, 1.807) is 0 Å². The van der Waals surface area contributed by atoms with E-state index < -0.39 is 0 Å².